The second-order valence-corrected chi connectivity index (χ2v) is 3.43. The van der Waals surface area contributed by atoms with E-state index in [1.165, 1.54) is 24.5 Å². The average Bonchev–Trinajstić information content (AvgIpc) is 2.41. The van der Waals surface area contributed by atoms with Gasteiger partial charge in [0.15, 0.2) is 11.6 Å². The summed E-state index contributed by atoms with van der Waals surface area (Å²) in [6, 6.07) is 6.54. The fourth-order valence-corrected chi connectivity index (χ4v) is 1.41. The van der Waals surface area contributed by atoms with E-state index in [9.17, 15) is 14.5 Å². The third-order valence-electron chi connectivity index (χ3n) is 2.26. The van der Waals surface area contributed by atoms with Crippen LogP contribution in [0.5, 0.6) is 11.5 Å². The molecule has 6 nitrogen and oxygen atoms in total. The van der Waals surface area contributed by atoms with Gasteiger partial charge in [-0.3, -0.25) is 15.1 Å². The Morgan fingerprint density at radius 1 is 1.42 bits per heavy atom. The Bertz CT molecular complexity index is 682. The average molecular weight is 259 g/mol. The topological polar surface area (TPSA) is 89.0 Å². The van der Waals surface area contributed by atoms with Gasteiger partial charge in [-0.15, -0.1) is 0 Å². The van der Waals surface area contributed by atoms with Gasteiger partial charge in [0.05, 0.1) is 16.7 Å². The summed E-state index contributed by atoms with van der Waals surface area (Å²) < 4.78 is 18.7. The Kier molecular flexibility index (Phi) is 3.34. The first-order valence-corrected chi connectivity index (χ1v) is 5.08. The van der Waals surface area contributed by atoms with E-state index in [4.69, 9.17) is 10.00 Å². The zero-order chi connectivity index (χ0) is 13.8. The second-order valence-electron chi connectivity index (χ2n) is 3.43. The number of para-hydroxylation sites is 1. The summed E-state index contributed by atoms with van der Waals surface area (Å²) in [7, 11) is 0. The van der Waals surface area contributed by atoms with E-state index >= 15 is 0 Å². The Hall–Kier alpha value is -3.01. The fraction of sp³-hybridized carbons (Fsp3) is 0. The molecule has 0 amide bonds. The molecular weight excluding hydrogens is 253 g/mol. The van der Waals surface area contributed by atoms with Crippen LogP contribution in [-0.2, 0) is 0 Å². The van der Waals surface area contributed by atoms with E-state index in [0.717, 1.165) is 12.1 Å². The number of nitrogens with zero attached hydrogens (tertiary/aromatic N) is 3. The number of ether oxygens (including phenoxy) is 1. The number of hydrogen-bond donors (Lipinski definition) is 0. The van der Waals surface area contributed by atoms with E-state index < -0.39 is 22.2 Å². The summed E-state index contributed by atoms with van der Waals surface area (Å²) in [6.07, 6.45) is 2.55. The van der Waals surface area contributed by atoms with Gasteiger partial charge >= 0.3 is 5.69 Å². The highest BCUT2D eigenvalue weighted by molar-refractivity contribution is 5.51. The first-order chi connectivity index (χ1) is 9.13. The SMILES string of the molecule is N#Cc1ccncc1Oc1c(F)cccc1[N+](=O)[O-]. The summed E-state index contributed by atoms with van der Waals surface area (Å²) >= 11 is 0. The Morgan fingerprint density at radius 3 is 2.89 bits per heavy atom. The van der Waals surface area contributed by atoms with Crippen molar-refractivity contribution in [1.82, 2.24) is 4.98 Å². The summed E-state index contributed by atoms with van der Waals surface area (Å²) in [5.74, 6) is -1.47. The molecule has 1 aromatic carbocycles. The highest BCUT2D eigenvalue weighted by Gasteiger charge is 2.21. The molecule has 0 aliphatic carbocycles. The maximum Gasteiger partial charge on any atom is 0.314 e. The van der Waals surface area contributed by atoms with Gasteiger partial charge in [-0.2, -0.15) is 5.26 Å². The molecule has 0 radical (unpaired) electrons. The minimum Gasteiger partial charge on any atom is -0.444 e. The van der Waals surface area contributed by atoms with E-state index in [0.29, 0.717) is 0 Å². The van der Waals surface area contributed by atoms with E-state index in [1.807, 2.05) is 6.07 Å². The minimum atomic E-state index is -0.887. The van der Waals surface area contributed by atoms with Gasteiger partial charge in [0, 0.05) is 12.3 Å². The van der Waals surface area contributed by atoms with E-state index in [-0.39, 0.29) is 11.3 Å². The van der Waals surface area contributed by atoms with Crippen LogP contribution in [0.25, 0.3) is 0 Å². The van der Waals surface area contributed by atoms with Crippen LogP contribution in [0, 0.1) is 27.3 Å². The first kappa shape index (κ1) is 12.4. The number of pyridine rings is 1. The second kappa shape index (κ2) is 5.10. The largest absolute Gasteiger partial charge is 0.444 e. The Balaban J connectivity index is 2.50. The molecule has 2 aromatic rings. The molecule has 0 aliphatic heterocycles. The first-order valence-electron chi connectivity index (χ1n) is 5.08. The highest BCUT2D eigenvalue weighted by Crippen LogP contribution is 2.34. The third-order valence-corrected chi connectivity index (χ3v) is 2.26. The van der Waals surface area contributed by atoms with Crippen molar-refractivity contribution in [3.05, 3.63) is 58.2 Å². The molecular formula is C12H6FN3O3. The van der Waals surface area contributed by atoms with E-state index in [1.54, 1.807) is 0 Å². The van der Waals surface area contributed by atoms with Crippen molar-refractivity contribution in [3.63, 3.8) is 0 Å². The van der Waals surface area contributed by atoms with Crippen molar-refractivity contribution >= 4 is 5.69 Å². The van der Waals surface area contributed by atoms with Crippen molar-refractivity contribution < 1.29 is 14.1 Å². The molecule has 0 fully saturated rings. The molecule has 19 heavy (non-hydrogen) atoms. The maximum absolute atomic E-state index is 13.6. The monoisotopic (exact) mass is 259 g/mol. The standard InChI is InChI=1S/C12H6FN3O3/c13-9-2-1-3-10(16(17)18)12(9)19-11-7-15-5-4-8(11)6-14/h1-5,7H. The zero-order valence-electron chi connectivity index (χ0n) is 9.41. The molecule has 1 heterocycles. The summed E-state index contributed by atoms with van der Waals surface area (Å²) in [6.45, 7) is 0. The molecule has 0 unspecified atom stereocenters. The van der Waals surface area contributed by atoms with Gasteiger partial charge in [-0.25, -0.2) is 4.39 Å². The lowest BCUT2D eigenvalue weighted by molar-refractivity contribution is -0.385. The van der Waals surface area contributed by atoms with Crippen LogP contribution in [-0.4, -0.2) is 9.91 Å². The molecule has 0 spiro atoms. The Labute approximate surface area is 106 Å². The molecule has 2 rings (SSSR count). The predicted octanol–water partition coefficient (Wildman–Crippen LogP) is 2.79. The maximum atomic E-state index is 13.6. The number of rotatable bonds is 3. The predicted molar refractivity (Wildman–Crippen MR) is 62.1 cm³/mol. The Morgan fingerprint density at radius 2 is 2.21 bits per heavy atom. The van der Waals surface area contributed by atoms with Crippen LogP contribution in [0.2, 0.25) is 0 Å². The molecule has 0 saturated carbocycles. The normalized spacial score (nSPS) is 9.68. The number of nitro groups is 1. The van der Waals surface area contributed by atoms with Crippen molar-refractivity contribution in [2.75, 3.05) is 0 Å². The molecule has 0 bridgehead atoms. The van der Waals surface area contributed by atoms with Crippen LogP contribution in [0.3, 0.4) is 0 Å². The third kappa shape index (κ3) is 2.47. The van der Waals surface area contributed by atoms with Crippen LogP contribution in [0.1, 0.15) is 5.56 Å². The van der Waals surface area contributed by atoms with Crippen molar-refractivity contribution in [2.24, 2.45) is 0 Å². The fourth-order valence-electron chi connectivity index (χ4n) is 1.41. The van der Waals surface area contributed by atoms with Crippen LogP contribution in [0.4, 0.5) is 10.1 Å². The summed E-state index contributed by atoms with van der Waals surface area (Å²) in [5.41, 5.74) is -0.416. The number of benzene rings is 1. The van der Waals surface area contributed by atoms with Crippen LogP contribution < -0.4 is 4.74 Å². The van der Waals surface area contributed by atoms with Crippen LogP contribution in [0.15, 0.2) is 36.7 Å². The number of hydrogen-bond acceptors (Lipinski definition) is 5. The lowest BCUT2D eigenvalue weighted by Gasteiger charge is -2.07. The molecule has 94 valence electrons. The van der Waals surface area contributed by atoms with Crippen molar-refractivity contribution in [3.8, 4) is 17.6 Å². The van der Waals surface area contributed by atoms with Gasteiger partial charge < -0.3 is 4.74 Å². The zero-order valence-corrected chi connectivity index (χ0v) is 9.41. The molecule has 0 N–H and O–H groups in total. The van der Waals surface area contributed by atoms with Gasteiger partial charge in [-0.1, -0.05) is 6.07 Å². The van der Waals surface area contributed by atoms with Crippen molar-refractivity contribution in [2.45, 2.75) is 0 Å². The molecule has 1 aromatic heterocycles. The van der Waals surface area contributed by atoms with Gasteiger partial charge in [0.1, 0.15) is 6.07 Å². The number of nitriles is 1. The van der Waals surface area contributed by atoms with E-state index in [2.05, 4.69) is 4.98 Å². The molecule has 0 saturated heterocycles. The van der Waals surface area contributed by atoms with Gasteiger partial charge in [-0.05, 0) is 12.1 Å². The van der Waals surface area contributed by atoms with Crippen LogP contribution >= 0.6 is 0 Å². The number of halogens is 1. The smallest absolute Gasteiger partial charge is 0.314 e. The highest BCUT2D eigenvalue weighted by atomic mass is 19.1. The molecule has 7 heteroatoms. The van der Waals surface area contributed by atoms with Gasteiger partial charge in [0.2, 0.25) is 5.75 Å². The lowest BCUT2D eigenvalue weighted by Crippen LogP contribution is -1.97. The van der Waals surface area contributed by atoms with Gasteiger partial charge in [0.25, 0.3) is 0 Å². The quantitative estimate of drug-likeness (QED) is 0.624. The summed E-state index contributed by atoms with van der Waals surface area (Å²) in [4.78, 5) is 13.8. The number of aromatic nitrogens is 1. The molecule has 0 atom stereocenters. The minimum absolute atomic E-state index is 0.0433. The van der Waals surface area contributed by atoms with Crippen molar-refractivity contribution in [1.29, 1.82) is 5.26 Å². The lowest BCUT2D eigenvalue weighted by atomic mass is 10.2. The summed E-state index contributed by atoms with van der Waals surface area (Å²) in [5, 5.41) is 19.7. The molecule has 0 aliphatic rings. The number of nitro benzene ring substituents is 1.